The Balaban J connectivity index is 3.05. The molecule has 0 saturated carbocycles. The highest BCUT2D eigenvalue weighted by molar-refractivity contribution is 5.96. The molecule has 0 aliphatic carbocycles. The molecule has 1 rings (SSSR count). The molecule has 5 heteroatoms. The molecule has 1 aromatic carbocycles. The molecule has 1 unspecified atom stereocenters. The predicted octanol–water partition coefficient (Wildman–Crippen LogP) is 1.35. The van der Waals surface area contributed by atoms with Gasteiger partial charge in [0, 0.05) is 0 Å². The molecule has 0 aromatic heterocycles. The Hall–Kier alpha value is -2.22. The smallest absolute Gasteiger partial charge is 0.340 e. The molecule has 0 fully saturated rings. The van der Waals surface area contributed by atoms with Crippen LogP contribution in [0.3, 0.4) is 0 Å². The third-order valence-electron chi connectivity index (χ3n) is 1.96. The van der Waals surface area contributed by atoms with E-state index >= 15 is 0 Å². The molecule has 5 nitrogen and oxygen atoms in total. The molecule has 0 amide bonds. The van der Waals surface area contributed by atoms with Crippen LogP contribution in [0.5, 0.6) is 5.75 Å². The van der Waals surface area contributed by atoms with Gasteiger partial charge >= 0.3 is 5.97 Å². The van der Waals surface area contributed by atoms with Crippen LogP contribution in [-0.2, 0) is 4.74 Å². The molecule has 1 aromatic rings. The minimum Gasteiger partial charge on any atom is -0.474 e. The third-order valence-corrected chi connectivity index (χ3v) is 1.96. The van der Waals surface area contributed by atoms with Crippen molar-refractivity contribution in [2.75, 3.05) is 12.8 Å². The van der Waals surface area contributed by atoms with Crippen LogP contribution in [0.4, 0.5) is 5.69 Å². The average Bonchev–Trinajstić information content (AvgIpc) is 2.30. The first kappa shape index (κ1) is 11.9. The molecule has 0 spiro atoms. The lowest BCUT2D eigenvalue weighted by molar-refractivity contribution is 0.0601. The number of carbonyl (C=O) groups is 1. The predicted molar refractivity (Wildman–Crippen MR) is 57.9 cm³/mol. The van der Waals surface area contributed by atoms with Crippen LogP contribution in [0.15, 0.2) is 18.2 Å². The van der Waals surface area contributed by atoms with Gasteiger partial charge in [0.15, 0.2) is 6.10 Å². The Labute approximate surface area is 93.4 Å². The first-order valence-corrected chi connectivity index (χ1v) is 4.63. The SMILES string of the molecule is COC(=O)c1cccc(OC(C)C#N)c1N. The van der Waals surface area contributed by atoms with Crippen molar-refractivity contribution in [1.29, 1.82) is 5.26 Å². The number of nitrogens with zero attached hydrogens (tertiary/aromatic N) is 1. The number of nitriles is 1. The van der Waals surface area contributed by atoms with E-state index in [4.69, 9.17) is 15.7 Å². The van der Waals surface area contributed by atoms with Gasteiger partial charge in [0.1, 0.15) is 11.8 Å². The normalized spacial score (nSPS) is 11.3. The van der Waals surface area contributed by atoms with Crippen molar-refractivity contribution in [3.05, 3.63) is 23.8 Å². The summed E-state index contributed by atoms with van der Waals surface area (Å²) in [6.07, 6.45) is -0.629. The summed E-state index contributed by atoms with van der Waals surface area (Å²) in [6.45, 7) is 1.59. The number of nitrogens with two attached hydrogens (primary N) is 1. The molecule has 0 aliphatic heterocycles. The highest BCUT2D eigenvalue weighted by Gasteiger charge is 2.14. The van der Waals surface area contributed by atoms with E-state index in [0.717, 1.165) is 0 Å². The number of nitrogen functional groups attached to an aromatic ring is 1. The second-order valence-electron chi connectivity index (χ2n) is 3.10. The van der Waals surface area contributed by atoms with E-state index in [1.165, 1.54) is 13.2 Å². The van der Waals surface area contributed by atoms with Crippen molar-refractivity contribution in [2.24, 2.45) is 0 Å². The highest BCUT2D eigenvalue weighted by Crippen LogP contribution is 2.26. The molecule has 16 heavy (non-hydrogen) atoms. The number of methoxy groups -OCH3 is 1. The molecule has 2 N–H and O–H groups in total. The van der Waals surface area contributed by atoms with Gasteiger partial charge in [-0.1, -0.05) is 6.07 Å². The summed E-state index contributed by atoms with van der Waals surface area (Å²) >= 11 is 0. The Bertz CT molecular complexity index is 437. The van der Waals surface area contributed by atoms with Crippen LogP contribution in [0, 0.1) is 11.3 Å². The summed E-state index contributed by atoms with van der Waals surface area (Å²) in [5.74, 6) is -0.232. The van der Waals surface area contributed by atoms with Crippen LogP contribution in [0.25, 0.3) is 0 Å². The van der Waals surface area contributed by atoms with Gasteiger partial charge in [-0.3, -0.25) is 0 Å². The van der Waals surface area contributed by atoms with E-state index in [1.807, 2.05) is 6.07 Å². The van der Waals surface area contributed by atoms with Crippen LogP contribution >= 0.6 is 0 Å². The van der Waals surface area contributed by atoms with Gasteiger partial charge in [0.2, 0.25) is 0 Å². The van der Waals surface area contributed by atoms with Gasteiger partial charge in [-0.15, -0.1) is 0 Å². The number of anilines is 1. The fourth-order valence-electron chi connectivity index (χ4n) is 1.15. The lowest BCUT2D eigenvalue weighted by Crippen LogP contribution is -2.12. The zero-order valence-electron chi connectivity index (χ0n) is 9.06. The van der Waals surface area contributed by atoms with E-state index < -0.39 is 12.1 Å². The van der Waals surface area contributed by atoms with Gasteiger partial charge in [-0.05, 0) is 19.1 Å². The van der Waals surface area contributed by atoms with E-state index in [9.17, 15) is 4.79 Å². The van der Waals surface area contributed by atoms with Crippen LogP contribution in [0.2, 0.25) is 0 Å². The van der Waals surface area contributed by atoms with Crippen molar-refractivity contribution in [3.8, 4) is 11.8 Å². The van der Waals surface area contributed by atoms with E-state index in [-0.39, 0.29) is 11.3 Å². The van der Waals surface area contributed by atoms with E-state index in [1.54, 1.807) is 19.1 Å². The first-order valence-electron chi connectivity index (χ1n) is 4.63. The van der Waals surface area contributed by atoms with Crippen molar-refractivity contribution >= 4 is 11.7 Å². The maximum atomic E-state index is 11.3. The van der Waals surface area contributed by atoms with Crippen LogP contribution in [0.1, 0.15) is 17.3 Å². The van der Waals surface area contributed by atoms with Gasteiger partial charge in [-0.25, -0.2) is 4.79 Å². The van der Waals surface area contributed by atoms with Gasteiger partial charge in [0.25, 0.3) is 0 Å². The number of rotatable bonds is 3. The Morgan fingerprint density at radius 2 is 2.25 bits per heavy atom. The molecular weight excluding hydrogens is 208 g/mol. The maximum Gasteiger partial charge on any atom is 0.340 e. The number of carbonyl (C=O) groups excluding carboxylic acids is 1. The van der Waals surface area contributed by atoms with Crippen molar-refractivity contribution < 1.29 is 14.3 Å². The molecule has 84 valence electrons. The lowest BCUT2D eigenvalue weighted by Gasteiger charge is -2.12. The maximum absolute atomic E-state index is 11.3. The number of para-hydroxylation sites is 1. The van der Waals surface area contributed by atoms with Crippen LogP contribution < -0.4 is 10.5 Å². The molecule has 0 heterocycles. The number of esters is 1. The lowest BCUT2D eigenvalue weighted by atomic mass is 10.1. The largest absolute Gasteiger partial charge is 0.474 e. The number of ether oxygens (including phenoxy) is 2. The average molecular weight is 220 g/mol. The van der Waals surface area contributed by atoms with Crippen molar-refractivity contribution in [1.82, 2.24) is 0 Å². The van der Waals surface area contributed by atoms with E-state index in [0.29, 0.717) is 5.75 Å². The van der Waals surface area contributed by atoms with Gasteiger partial charge < -0.3 is 15.2 Å². The third kappa shape index (κ3) is 2.42. The Morgan fingerprint density at radius 1 is 1.56 bits per heavy atom. The zero-order chi connectivity index (χ0) is 12.1. The Morgan fingerprint density at radius 3 is 2.81 bits per heavy atom. The summed E-state index contributed by atoms with van der Waals surface area (Å²) in [5, 5.41) is 8.60. The fourth-order valence-corrected chi connectivity index (χ4v) is 1.15. The molecule has 0 bridgehead atoms. The minimum absolute atomic E-state index is 0.177. The highest BCUT2D eigenvalue weighted by atomic mass is 16.5. The van der Waals surface area contributed by atoms with Gasteiger partial charge in [-0.2, -0.15) is 5.26 Å². The number of hydrogen-bond donors (Lipinski definition) is 1. The molecule has 0 saturated heterocycles. The van der Waals surface area contributed by atoms with E-state index in [2.05, 4.69) is 4.74 Å². The molecule has 0 radical (unpaired) electrons. The quantitative estimate of drug-likeness (QED) is 0.613. The van der Waals surface area contributed by atoms with Gasteiger partial charge in [0.05, 0.1) is 18.4 Å². The number of hydrogen-bond acceptors (Lipinski definition) is 5. The molecular formula is C11H12N2O3. The summed E-state index contributed by atoms with van der Waals surface area (Å²) in [6, 6.07) is 6.65. The second-order valence-corrected chi connectivity index (χ2v) is 3.10. The molecule has 0 aliphatic rings. The first-order chi connectivity index (χ1) is 7.60. The monoisotopic (exact) mass is 220 g/mol. The Kier molecular flexibility index (Phi) is 3.72. The number of benzene rings is 1. The van der Waals surface area contributed by atoms with Crippen LogP contribution in [-0.4, -0.2) is 19.2 Å². The summed E-state index contributed by atoms with van der Waals surface area (Å²) in [4.78, 5) is 11.3. The summed E-state index contributed by atoms with van der Waals surface area (Å²) < 4.78 is 9.80. The fraction of sp³-hybridized carbons (Fsp3) is 0.273. The van der Waals surface area contributed by atoms with Crippen molar-refractivity contribution in [2.45, 2.75) is 13.0 Å². The molecule has 1 atom stereocenters. The summed E-state index contributed by atoms with van der Waals surface area (Å²) in [5.41, 5.74) is 6.13. The zero-order valence-corrected chi connectivity index (χ0v) is 9.06. The summed E-state index contributed by atoms with van der Waals surface area (Å²) in [7, 11) is 1.27. The minimum atomic E-state index is -0.629. The topological polar surface area (TPSA) is 85.3 Å². The standard InChI is InChI=1S/C11H12N2O3/c1-7(6-12)16-9-5-3-4-8(10(9)13)11(14)15-2/h3-5,7H,13H2,1-2H3. The van der Waals surface area contributed by atoms with Crippen molar-refractivity contribution in [3.63, 3.8) is 0 Å². The second kappa shape index (κ2) is 5.03.